The summed E-state index contributed by atoms with van der Waals surface area (Å²) in [4.78, 5) is 16.5. The second-order valence-electron chi connectivity index (χ2n) is 5.74. The normalized spacial score (nSPS) is 21.4. The van der Waals surface area contributed by atoms with E-state index < -0.39 is 0 Å². The van der Waals surface area contributed by atoms with Gasteiger partial charge in [-0.2, -0.15) is 0 Å². The first-order valence-corrected chi connectivity index (χ1v) is 7.92. The molecule has 0 aromatic heterocycles. The van der Waals surface area contributed by atoms with E-state index in [4.69, 9.17) is 11.6 Å². The highest BCUT2D eigenvalue weighted by Gasteiger charge is 2.29. The molecule has 0 atom stereocenters. The Morgan fingerprint density at radius 1 is 1.00 bits per heavy atom. The molecule has 3 nitrogen and oxygen atoms in total. The van der Waals surface area contributed by atoms with Gasteiger partial charge in [0.2, 0.25) is 5.91 Å². The highest BCUT2D eigenvalue weighted by molar-refractivity contribution is 6.30. The Bertz CT molecular complexity index is 466. The maximum absolute atomic E-state index is 12.0. The van der Waals surface area contributed by atoms with Crippen LogP contribution in [0.4, 0.5) is 5.69 Å². The fourth-order valence-electron chi connectivity index (χ4n) is 3.30. The van der Waals surface area contributed by atoms with Gasteiger partial charge in [0.25, 0.3) is 0 Å². The van der Waals surface area contributed by atoms with Crippen molar-refractivity contribution >= 4 is 23.2 Å². The van der Waals surface area contributed by atoms with Crippen molar-refractivity contribution in [3.63, 3.8) is 0 Å². The Hall–Kier alpha value is -1.22. The highest BCUT2D eigenvalue weighted by Crippen LogP contribution is 2.26. The molecule has 2 aliphatic heterocycles. The number of halogens is 1. The third-order valence-corrected chi connectivity index (χ3v) is 4.71. The predicted molar refractivity (Wildman–Crippen MR) is 82.3 cm³/mol. The van der Waals surface area contributed by atoms with E-state index in [9.17, 15) is 4.79 Å². The number of rotatable bonds is 2. The summed E-state index contributed by atoms with van der Waals surface area (Å²) in [6.45, 7) is 3.01. The van der Waals surface area contributed by atoms with Crippen LogP contribution in [0, 0.1) is 0 Å². The molecule has 2 aliphatic rings. The minimum Gasteiger partial charge on any atom is -0.371 e. The van der Waals surface area contributed by atoms with Crippen LogP contribution in [0.5, 0.6) is 0 Å². The summed E-state index contributed by atoms with van der Waals surface area (Å²) in [5.74, 6) is 0.362. The first kappa shape index (κ1) is 13.7. The van der Waals surface area contributed by atoms with E-state index in [1.54, 1.807) is 0 Å². The van der Waals surface area contributed by atoms with Crippen LogP contribution in [-0.4, -0.2) is 36.5 Å². The van der Waals surface area contributed by atoms with Gasteiger partial charge in [-0.05, 0) is 49.9 Å². The van der Waals surface area contributed by atoms with Crippen LogP contribution in [0.1, 0.15) is 32.1 Å². The molecular formula is C16H21ClN2O. The van der Waals surface area contributed by atoms with Gasteiger partial charge in [-0.25, -0.2) is 0 Å². The third kappa shape index (κ3) is 2.93. The van der Waals surface area contributed by atoms with Crippen LogP contribution in [0.3, 0.4) is 0 Å². The van der Waals surface area contributed by atoms with Crippen molar-refractivity contribution in [1.29, 1.82) is 0 Å². The Morgan fingerprint density at radius 2 is 1.70 bits per heavy atom. The Labute approximate surface area is 125 Å². The van der Waals surface area contributed by atoms with Crippen molar-refractivity contribution in [2.24, 2.45) is 0 Å². The summed E-state index contributed by atoms with van der Waals surface area (Å²) in [5, 5.41) is 0.780. The maximum Gasteiger partial charge on any atom is 0.222 e. The van der Waals surface area contributed by atoms with E-state index in [1.165, 1.54) is 12.1 Å². The monoisotopic (exact) mass is 292 g/mol. The number of likely N-dealkylation sites (tertiary alicyclic amines) is 1. The molecule has 0 unspecified atom stereocenters. The van der Waals surface area contributed by atoms with Crippen molar-refractivity contribution in [2.45, 2.75) is 38.1 Å². The van der Waals surface area contributed by atoms with E-state index in [-0.39, 0.29) is 0 Å². The van der Waals surface area contributed by atoms with Gasteiger partial charge in [0.05, 0.1) is 0 Å². The van der Waals surface area contributed by atoms with Crippen molar-refractivity contribution in [3.05, 3.63) is 29.3 Å². The van der Waals surface area contributed by atoms with Gasteiger partial charge in [-0.1, -0.05) is 11.6 Å². The number of hydrogen-bond donors (Lipinski definition) is 0. The molecule has 0 saturated carbocycles. The third-order valence-electron chi connectivity index (χ3n) is 4.46. The van der Waals surface area contributed by atoms with E-state index >= 15 is 0 Å². The number of anilines is 1. The predicted octanol–water partition coefficient (Wildman–Crippen LogP) is 3.32. The van der Waals surface area contributed by atoms with Gasteiger partial charge < -0.3 is 9.80 Å². The summed E-state index contributed by atoms with van der Waals surface area (Å²) in [7, 11) is 0. The molecule has 2 saturated heterocycles. The maximum atomic E-state index is 12.0. The van der Waals surface area contributed by atoms with Crippen molar-refractivity contribution in [3.8, 4) is 0 Å². The molecule has 3 rings (SSSR count). The molecule has 1 aromatic carbocycles. The van der Waals surface area contributed by atoms with Gasteiger partial charge in [0.15, 0.2) is 0 Å². The fourth-order valence-corrected chi connectivity index (χ4v) is 3.43. The van der Waals surface area contributed by atoms with E-state index in [0.717, 1.165) is 50.3 Å². The number of nitrogens with zero attached hydrogens (tertiary/aromatic N) is 2. The van der Waals surface area contributed by atoms with Crippen LogP contribution in [-0.2, 0) is 4.79 Å². The zero-order valence-corrected chi connectivity index (χ0v) is 12.5. The SMILES string of the molecule is O=C1CCCCN1C1CCN(c2ccc(Cl)cc2)CC1. The van der Waals surface area contributed by atoms with Gasteiger partial charge in [0.1, 0.15) is 0 Å². The van der Waals surface area contributed by atoms with Crippen LogP contribution in [0.25, 0.3) is 0 Å². The van der Waals surface area contributed by atoms with Crippen LogP contribution < -0.4 is 4.90 Å². The largest absolute Gasteiger partial charge is 0.371 e. The first-order chi connectivity index (χ1) is 9.74. The molecule has 0 bridgehead atoms. The molecule has 0 N–H and O–H groups in total. The standard InChI is InChI=1S/C16H21ClN2O/c17-13-4-6-14(7-5-13)18-11-8-15(9-12-18)19-10-2-1-3-16(19)20/h4-7,15H,1-3,8-12H2. The van der Waals surface area contributed by atoms with Crippen LogP contribution >= 0.6 is 11.6 Å². The summed E-state index contributed by atoms with van der Waals surface area (Å²) in [6, 6.07) is 8.49. The number of piperidine rings is 2. The Kier molecular flexibility index (Phi) is 4.16. The number of amides is 1. The second kappa shape index (κ2) is 6.04. The van der Waals surface area contributed by atoms with E-state index in [2.05, 4.69) is 21.9 Å². The van der Waals surface area contributed by atoms with Crippen LogP contribution in [0.15, 0.2) is 24.3 Å². The summed E-state index contributed by atoms with van der Waals surface area (Å²) < 4.78 is 0. The molecule has 108 valence electrons. The lowest BCUT2D eigenvalue weighted by Gasteiger charge is -2.41. The first-order valence-electron chi connectivity index (χ1n) is 7.54. The van der Waals surface area contributed by atoms with E-state index in [1.807, 2.05) is 12.1 Å². The van der Waals surface area contributed by atoms with Crippen molar-refractivity contribution in [2.75, 3.05) is 24.5 Å². The lowest BCUT2D eigenvalue weighted by molar-refractivity contribution is -0.136. The van der Waals surface area contributed by atoms with Gasteiger partial charge in [-0.15, -0.1) is 0 Å². The molecule has 0 spiro atoms. The molecular weight excluding hydrogens is 272 g/mol. The number of benzene rings is 1. The highest BCUT2D eigenvalue weighted by atomic mass is 35.5. The molecule has 4 heteroatoms. The molecule has 0 radical (unpaired) electrons. The lowest BCUT2D eigenvalue weighted by Crippen LogP contribution is -2.49. The average Bonchev–Trinajstić information content (AvgIpc) is 2.49. The molecule has 1 aromatic rings. The van der Waals surface area contributed by atoms with Gasteiger partial charge in [0, 0.05) is 42.8 Å². The smallest absolute Gasteiger partial charge is 0.222 e. The summed E-state index contributed by atoms with van der Waals surface area (Å²) in [6.07, 6.45) is 5.14. The molecule has 2 heterocycles. The Balaban J connectivity index is 1.59. The van der Waals surface area contributed by atoms with E-state index in [0.29, 0.717) is 11.9 Å². The summed E-state index contributed by atoms with van der Waals surface area (Å²) in [5.41, 5.74) is 1.23. The number of carbonyl (C=O) groups is 1. The zero-order chi connectivity index (χ0) is 13.9. The molecule has 2 fully saturated rings. The second-order valence-corrected chi connectivity index (χ2v) is 6.18. The quantitative estimate of drug-likeness (QED) is 0.835. The zero-order valence-electron chi connectivity index (χ0n) is 11.7. The molecule has 20 heavy (non-hydrogen) atoms. The van der Waals surface area contributed by atoms with Gasteiger partial charge >= 0.3 is 0 Å². The minimum atomic E-state index is 0.362. The van der Waals surface area contributed by atoms with Crippen molar-refractivity contribution in [1.82, 2.24) is 4.90 Å². The van der Waals surface area contributed by atoms with Gasteiger partial charge in [-0.3, -0.25) is 4.79 Å². The van der Waals surface area contributed by atoms with Crippen molar-refractivity contribution < 1.29 is 4.79 Å². The number of hydrogen-bond acceptors (Lipinski definition) is 2. The molecule has 0 aliphatic carbocycles. The lowest BCUT2D eigenvalue weighted by atomic mass is 9.99. The van der Waals surface area contributed by atoms with Crippen LogP contribution in [0.2, 0.25) is 5.02 Å². The minimum absolute atomic E-state index is 0.362. The summed E-state index contributed by atoms with van der Waals surface area (Å²) >= 11 is 5.93. The Morgan fingerprint density at radius 3 is 2.35 bits per heavy atom. The fraction of sp³-hybridized carbons (Fsp3) is 0.562. The molecule has 1 amide bonds. The topological polar surface area (TPSA) is 23.6 Å². The number of carbonyl (C=O) groups excluding carboxylic acids is 1. The average molecular weight is 293 g/mol.